The molecule has 0 aliphatic heterocycles. The number of carbonyl (C=O) groups is 1. The zero-order chi connectivity index (χ0) is 18.6. The van der Waals surface area contributed by atoms with Gasteiger partial charge in [0.15, 0.2) is 5.65 Å². The molecule has 2 aromatic heterocycles. The SMILES string of the molecule is O=C(Nc1ccccc1)c1cnn2ccc(NCc3ccccc3Cl)nc12. The van der Waals surface area contributed by atoms with Crippen molar-refractivity contribution in [3.63, 3.8) is 0 Å². The Kier molecular flexibility index (Phi) is 4.72. The van der Waals surface area contributed by atoms with Crippen molar-refractivity contribution in [1.82, 2.24) is 14.6 Å². The lowest BCUT2D eigenvalue weighted by Gasteiger charge is -2.08. The van der Waals surface area contributed by atoms with Crippen LogP contribution in [0.2, 0.25) is 5.02 Å². The van der Waals surface area contributed by atoms with Crippen molar-refractivity contribution in [2.45, 2.75) is 6.54 Å². The van der Waals surface area contributed by atoms with Gasteiger partial charge in [0.2, 0.25) is 0 Å². The number of nitrogens with zero attached hydrogens (tertiary/aromatic N) is 3. The van der Waals surface area contributed by atoms with Gasteiger partial charge in [-0.1, -0.05) is 48.0 Å². The summed E-state index contributed by atoms with van der Waals surface area (Å²) in [5.41, 5.74) is 2.57. The molecule has 0 saturated heterocycles. The van der Waals surface area contributed by atoms with Gasteiger partial charge in [0.1, 0.15) is 11.4 Å². The number of amides is 1. The number of anilines is 2. The van der Waals surface area contributed by atoms with Crippen molar-refractivity contribution in [1.29, 1.82) is 0 Å². The summed E-state index contributed by atoms with van der Waals surface area (Å²) >= 11 is 6.18. The number of aromatic nitrogens is 3. The molecule has 0 radical (unpaired) electrons. The Bertz CT molecular complexity index is 1090. The minimum absolute atomic E-state index is 0.257. The number of hydrogen-bond donors (Lipinski definition) is 2. The summed E-state index contributed by atoms with van der Waals surface area (Å²) in [6.45, 7) is 0.530. The molecule has 0 spiro atoms. The van der Waals surface area contributed by atoms with Crippen molar-refractivity contribution in [3.05, 3.63) is 89.2 Å². The molecule has 7 heteroatoms. The van der Waals surface area contributed by atoms with Gasteiger partial charge < -0.3 is 10.6 Å². The van der Waals surface area contributed by atoms with E-state index >= 15 is 0 Å². The second-order valence-corrected chi connectivity index (χ2v) is 6.31. The summed E-state index contributed by atoms with van der Waals surface area (Å²) in [6.07, 6.45) is 3.27. The molecule has 0 bridgehead atoms. The fraction of sp³-hybridized carbons (Fsp3) is 0.0500. The van der Waals surface area contributed by atoms with E-state index in [1.54, 1.807) is 16.8 Å². The van der Waals surface area contributed by atoms with Crippen molar-refractivity contribution >= 4 is 34.7 Å². The average molecular weight is 378 g/mol. The monoisotopic (exact) mass is 377 g/mol. The van der Waals surface area contributed by atoms with Gasteiger partial charge in [-0.3, -0.25) is 4.79 Å². The van der Waals surface area contributed by atoms with Crippen LogP contribution in [0, 0.1) is 0 Å². The highest BCUT2D eigenvalue weighted by atomic mass is 35.5. The number of fused-ring (bicyclic) bond motifs is 1. The van der Waals surface area contributed by atoms with E-state index in [9.17, 15) is 4.79 Å². The molecule has 134 valence electrons. The first kappa shape index (κ1) is 17.1. The van der Waals surface area contributed by atoms with E-state index in [4.69, 9.17) is 11.6 Å². The van der Waals surface area contributed by atoms with Gasteiger partial charge in [-0.05, 0) is 29.8 Å². The molecule has 2 N–H and O–H groups in total. The summed E-state index contributed by atoms with van der Waals surface area (Å²) in [6, 6.07) is 18.7. The second kappa shape index (κ2) is 7.47. The van der Waals surface area contributed by atoms with Gasteiger partial charge in [0, 0.05) is 23.5 Å². The summed E-state index contributed by atoms with van der Waals surface area (Å²) in [5, 5.41) is 11.0. The van der Waals surface area contributed by atoms with Gasteiger partial charge in [-0.2, -0.15) is 5.10 Å². The first-order chi connectivity index (χ1) is 13.2. The summed E-state index contributed by atoms with van der Waals surface area (Å²) in [4.78, 5) is 17.1. The zero-order valence-corrected chi connectivity index (χ0v) is 15.0. The molecule has 1 amide bonds. The molecule has 4 aromatic rings. The van der Waals surface area contributed by atoms with Crippen LogP contribution in [-0.4, -0.2) is 20.5 Å². The van der Waals surface area contributed by atoms with Crippen LogP contribution in [-0.2, 0) is 6.54 Å². The van der Waals surface area contributed by atoms with Crippen molar-refractivity contribution in [2.24, 2.45) is 0 Å². The van der Waals surface area contributed by atoms with E-state index in [0.717, 1.165) is 11.3 Å². The Hall–Kier alpha value is -3.38. The zero-order valence-electron chi connectivity index (χ0n) is 14.3. The highest BCUT2D eigenvalue weighted by molar-refractivity contribution is 6.31. The van der Waals surface area contributed by atoms with Gasteiger partial charge in [0.25, 0.3) is 5.91 Å². The molecular weight excluding hydrogens is 362 g/mol. The number of hydrogen-bond acceptors (Lipinski definition) is 4. The predicted octanol–water partition coefficient (Wildman–Crippen LogP) is 4.25. The molecule has 0 atom stereocenters. The molecule has 0 aliphatic rings. The highest BCUT2D eigenvalue weighted by Gasteiger charge is 2.15. The predicted molar refractivity (Wildman–Crippen MR) is 106 cm³/mol. The number of para-hydroxylation sites is 1. The lowest BCUT2D eigenvalue weighted by molar-refractivity contribution is 0.102. The molecule has 0 aliphatic carbocycles. The highest BCUT2D eigenvalue weighted by Crippen LogP contribution is 2.18. The molecule has 0 fully saturated rings. The molecule has 0 saturated carbocycles. The third kappa shape index (κ3) is 3.75. The minimum Gasteiger partial charge on any atom is -0.366 e. The van der Waals surface area contributed by atoms with E-state index in [1.807, 2.05) is 54.6 Å². The number of halogens is 1. The van der Waals surface area contributed by atoms with Crippen LogP contribution in [0.25, 0.3) is 5.65 Å². The maximum Gasteiger partial charge on any atom is 0.261 e. The van der Waals surface area contributed by atoms with Crippen LogP contribution in [0.4, 0.5) is 11.5 Å². The quantitative estimate of drug-likeness (QED) is 0.545. The fourth-order valence-corrected chi connectivity index (χ4v) is 2.88. The van der Waals surface area contributed by atoms with E-state index in [1.165, 1.54) is 6.20 Å². The molecule has 6 nitrogen and oxygen atoms in total. The summed E-state index contributed by atoms with van der Waals surface area (Å²) in [7, 11) is 0. The molecule has 0 unspecified atom stereocenters. The van der Waals surface area contributed by atoms with Gasteiger partial charge in [-0.25, -0.2) is 9.50 Å². The van der Waals surface area contributed by atoms with E-state index < -0.39 is 0 Å². The maximum absolute atomic E-state index is 12.6. The first-order valence-corrected chi connectivity index (χ1v) is 8.76. The Morgan fingerprint density at radius 1 is 1.04 bits per heavy atom. The number of nitrogens with one attached hydrogen (secondary N) is 2. The Morgan fingerprint density at radius 3 is 2.63 bits per heavy atom. The van der Waals surface area contributed by atoms with Crippen LogP contribution < -0.4 is 10.6 Å². The third-order valence-electron chi connectivity index (χ3n) is 4.06. The number of carbonyl (C=O) groups excluding carboxylic acids is 1. The normalized spacial score (nSPS) is 10.7. The smallest absolute Gasteiger partial charge is 0.261 e. The van der Waals surface area contributed by atoms with Crippen LogP contribution in [0.5, 0.6) is 0 Å². The van der Waals surface area contributed by atoms with Crippen molar-refractivity contribution in [3.8, 4) is 0 Å². The molecule has 4 rings (SSSR count). The molecule has 2 heterocycles. The lowest BCUT2D eigenvalue weighted by atomic mass is 10.2. The first-order valence-electron chi connectivity index (χ1n) is 8.39. The van der Waals surface area contributed by atoms with Gasteiger partial charge in [-0.15, -0.1) is 0 Å². The van der Waals surface area contributed by atoms with Gasteiger partial charge in [0.05, 0.1) is 6.20 Å². The fourth-order valence-electron chi connectivity index (χ4n) is 2.67. The Balaban J connectivity index is 1.56. The largest absolute Gasteiger partial charge is 0.366 e. The summed E-state index contributed by atoms with van der Waals surface area (Å²) < 4.78 is 1.57. The van der Waals surface area contributed by atoms with Crippen LogP contribution in [0.15, 0.2) is 73.1 Å². The number of benzene rings is 2. The van der Waals surface area contributed by atoms with E-state index in [-0.39, 0.29) is 5.91 Å². The van der Waals surface area contributed by atoms with E-state index in [2.05, 4.69) is 20.7 Å². The van der Waals surface area contributed by atoms with Crippen molar-refractivity contribution < 1.29 is 4.79 Å². The molecule has 2 aromatic carbocycles. The Labute approximate surface area is 160 Å². The van der Waals surface area contributed by atoms with Crippen molar-refractivity contribution in [2.75, 3.05) is 10.6 Å². The molecule has 27 heavy (non-hydrogen) atoms. The topological polar surface area (TPSA) is 71.3 Å². The van der Waals surface area contributed by atoms with Crippen LogP contribution >= 0.6 is 11.6 Å². The minimum atomic E-state index is -0.257. The molecular formula is C20H16ClN5O. The van der Waals surface area contributed by atoms with Gasteiger partial charge >= 0.3 is 0 Å². The van der Waals surface area contributed by atoms with Crippen LogP contribution in [0.3, 0.4) is 0 Å². The average Bonchev–Trinajstić information content (AvgIpc) is 3.11. The van der Waals surface area contributed by atoms with Crippen LogP contribution in [0.1, 0.15) is 15.9 Å². The lowest BCUT2D eigenvalue weighted by Crippen LogP contribution is -2.12. The summed E-state index contributed by atoms with van der Waals surface area (Å²) in [5.74, 6) is 0.378. The standard InChI is InChI=1S/C20H16ClN5O/c21-17-9-5-4-6-14(17)12-22-18-10-11-26-19(25-18)16(13-23-26)20(27)24-15-7-2-1-3-8-15/h1-11,13H,12H2,(H,22,25)(H,24,27). The number of rotatable bonds is 5. The Morgan fingerprint density at radius 2 is 1.81 bits per heavy atom. The third-order valence-corrected chi connectivity index (χ3v) is 4.43. The maximum atomic E-state index is 12.6. The van der Waals surface area contributed by atoms with E-state index in [0.29, 0.717) is 28.6 Å². The second-order valence-electron chi connectivity index (χ2n) is 5.90.